The quantitative estimate of drug-likeness (QED) is 0.390. The molecule has 0 unspecified atom stereocenters. The van der Waals surface area contributed by atoms with Gasteiger partial charge in [-0.05, 0) is 54.4 Å². The zero-order valence-electron chi connectivity index (χ0n) is 17.5. The number of anilines is 1. The molecule has 0 radical (unpaired) electrons. The third-order valence-corrected chi connectivity index (χ3v) is 6.13. The topological polar surface area (TPSA) is 90.8 Å². The molecule has 0 spiro atoms. The number of aryl methyl sites for hydroxylation is 2. The minimum atomic E-state index is -0.461. The molecule has 3 heterocycles. The lowest BCUT2D eigenvalue weighted by Gasteiger charge is -2.06. The fourth-order valence-corrected chi connectivity index (χ4v) is 3.79. The summed E-state index contributed by atoms with van der Waals surface area (Å²) in [5.41, 5.74) is 3.12. The normalized spacial score (nSPS) is 11.2. The average Bonchev–Trinajstić information content (AvgIpc) is 3.36. The molecule has 1 amide bonds. The van der Waals surface area contributed by atoms with Gasteiger partial charge >= 0.3 is 0 Å². The summed E-state index contributed by atoms with van der Waals surface area (Å²) in [6, 6.07) is 6.14. The van der Waals surface area contributed by atoms with Crippen molar-refractivity contribution in [1.29, 1.82) is 0 Å². The Balaban J connectivity index is 1.53. The Morgan fingerprint density at radius 3 is 2.56 bits per heavy atom. The van der Waals surface area contributed by atoms with Crippen molar-refractivity contribution in [2.75, 3.05) is 5.32 Å². The average molecular weight is 522 g/mol. The van der Waals surface area contributed by atoms with Gasteiger partial charge in [-0.15, -0.1) is 0 Å². The van der Waals surface area contributed by atoms with E-state index in [-0.39, 0.29) is 18.1 Å². The standard InChI is InChI=1S/C21H19BrClFN6O2/c1-11-18(23)12(2)30(26-11)9-16-13(3)32-28-19(16)21(31)25-20-17(22)10-29(27-20)8-14-4-6-15(24)7-5-14/h4-7,10H,8-9H2,1-3H3,(H,25,27,31). The van der Waals surface area contributed by atoms with Gasteiger partial charge in [-0.25, -0.2) is 4.39 Å². The van der Waals surface area contributed by atoms with Gasteiger partial charge in [0.25, 0.3) is 5.91 Å². The smallest absolute Gasteiger partial charge is 0.279 e. The van der Waals surface area contributed by atoms with Crippen molar-refractivity contribution in [2.24, 2.45) is 0 Å². The molecule has 11 heteroatoms. The molecule has 0 aliphatic heterocycles. The Kier molecular flexibility index (Phi) is 6.16. The van der Waals surface area contributed by atoms with Gasteiger partial charge in [0.15, 0.2) is 11.5 Å². The van der Waals surface area contributed by atoms with Gasteiger partial charge in [0.1, 0.15) is 11.6 Å². The van der Waals surface area contributed by atoms with Gasteiger partial charge in [0.2, 0.25) is 0 Å². The number of carbonyl (C=O) groups excluding carboxylic acids is 1. The number of amides is 1. The lowest BCUT2D eigenvalue weighted by molar-refractivity contribution is 0.101. The zero-order valence-corrected chi connectivity index (χ0v) is 19.8. The summed E-state index contributed by atoms with van der Waals surface area (Å²) in [5, 5.41) is 16.1. The van der Waals surface area contributed by atoms with E-state index in [1.54, 1.807) is 34.6 Å². The predicted octanol–water partition coefficient (Wildman–Crippen LogP) is 4.90. The van der Waals surface area contributed by atoms with Crippen molar-refractivity contribution in [3.8, 4) is 0 Å². The number of nitrogens with zero attached hydrogens (tertiary/aromatic N) is 5. The number of hydrogen-bond acceptors (Lipinski definition) is 5. The minimum absolute atomic E-state index is 0.145. The number of rotatable bonds is 6. The third kappa shape index (κ3) is 4.46. The van der Waals surface area contributed by atoms with Gasteiger partial charge in [0, 0.05) is 11.8 Å². The molecule has 3 aromatic heterocycles. The lowest BCUT2D eigenvalue weighted by Crippen LogP contribution is -2.17. The molecule has 166 valence electrons. The van der Waals surface area contributed by atoms with Crippen LogP contribution in [0, 0.1) is 26.6 Å². The maximum atomic E-state index is 13.1. The van der Waals surface area contributed by atoms with E-state index in [0.29, 0.717) is 38.9 Å². The Morgan fingerprint density at radius 2 is 1.91 bits per heavy atom. The van der Waals surface area contributed by atoms with Gasteiger partial charge in [0.05, 0.1) is 34.0 Å². The van der Waals surface area contributed by atoms with Crippen LogP contribution in [0.1, 0.15) is 38.8 Å². The van der Waals surface area contributed by atoms with Crippen LogP contribution in [0.5, 0.6) is 0 Å². The second kappa shape index (κ2) is 8.87. The summed E-state index contributed by atoms with van der Waals surface area (Å²) in [6.45, 7) is 6.12. The Hall–Kier alpha value is -2.98. The summed E-state index contributed by atoms with van der Waals surface area (Å²) < 4.78 is 22.3. The monoisotopic (exact) mass is 520 g/mol. The number of carbonyl (C=O) groups is 1. The molecule has 0 saturated heterocycles. The summed E-state index contributed by atoms with van der Waals surface area (Å²) in [7, 11) is 0. The highest BCUT2D eigenvalue weighted by Crippen LogP contribution is 2.25. The summed E-state index contributed by atoms with van der Waals surface area (Å²) in [5.74, 6) is 0.0830. The van der Waals surface area contributed by atoms with Crippen LogP contribution in [-0.2, 0) is 13.1 Å². The van der Waals surface area contributed by atoms with E-state index in [4.69, 9.17) is 16.1 Å². The molecule has 0 bridgehead atoms. The Morgan fingerprint density at radius 1 is 1.19 bits per heavy atom. The van der Waals surface area contributed by atoms with Crippen LogP contribution in [0.25, 0.3) is 0 Å². The summed E-state index contributed by atoms with van der Waals surface area (Å²) in [4.78, 5) is 13.0. The Labute approximate surface area is 196 Å². The predicted molar refractivity (Wildman–Crippen MR) is 120 cm³/mol. The third-order valence-electron chi connectivity index (χ3n) is 5.01. The van der Waals surface area contributed by atoms with Gasteiger partial charge in [-0.2, -0.15) is 10.2 Å². The van der Waals surface area contributed by atoms with Crippen molar-refractivity contribution in [2.45, 2.75) is 33.9 Å². The lowest BCUT2D eigenvalue weighted by atomic mass is 10.2. The van der Waals surface area contributed by atoms with E-state index < -0.39 is 5.91 Å². The molecule has 1 N–H and O–H groups in total. The van der Waals surface area contributed by atoms with Gasteiger partial charge in [-0.1, -0.05) is 28.9 Å². The molecular weight excluding hydrogens is 503 g/mol. The molecular formula is C21H19BrClFN6O2. The van der Waals surface area contributed by atoms with E-state index in [1.165, 1.54) is 12.1 Å². The molecule has 4 aromatic rings. The van der Waals surface area contributed by atoms with Gasteiger partial charge in [-0.3, -0.25) is 14.2 Å². The highest BCUT2D eigenvalue weighted by atomic mass is 79.9. The highest BCUT2D eigenvalue weighted by molar-refractivity contribution is 9.10. The first kappa shape index (κ1) is 22.2. The molecule has 0 atom stereocenters. The summed E-state index contributed by atoms with van der Waals surface area (Å²) in [6.07, 6.45) is 1.73. The number of nitrogens with one attached hydrogen (secondary N) is 1. The first-order chi connectivity index (χ1) is 15.2. The maximum absolute atomic E-state index is 13.1. The molecule has 8 nitrogen and oxygen atoms in total. The maximum Gasteiger partial charge on any atom is 0.279 e. The number of benzene rings is 1. The molecule has 1 aromatic carbocycles. The first-order valence-corrected chi connectivity index (χ1v) is 10.8. The van der Waals surface area contributed by atoms with Crippen LogP contribution in [0.2, 0.25) is 5.02 Å². The highest BCUT2D eigenvalue weighted by Gasteiger charge is 2.23. The van der Waals surface area contributed by atoms with E-state index in [9.17, 15) is 9.18 Å². The fraction of sp³-hybridized carbons (Fsp3) is 0.238. The van der Waals surface area contributed by atoms with Crippen molar-refractivity contribution in [3.05, 3.63) is 79.7 Å². The molecule has 0 aliphatic rings. The van der Waals surface area contributed by atoms with Crippen molar-refractivity contribution >= 4 is 39.3 Å². The van der Waals surface area contributed by atoms with Crippen LogP contribution in [0.15, 0.2) is 39.5 Å². The SMILES string of the molecule is Cc1nn(Cc2c(C(=O)Nc3nn(Cc4ccc(F)cc4)cc3Br)noc2C)c(C)c1Cl. The van der Waals surface area contributed by atoms with Crippen LogP contribution < -0.4 is 5.32 Å². The van der Waals surface area contributed by atoms with E-state index >= 15 is 0 Å². The van der Waals surface area contributed by atoms with Crippen LogP contribution in [-0.4, -0.2) is 30.6 Å². The second-order valence-corrected chi connectivity index (χ2v) is 8.54. The number of aromatic nitrogens is 5. The molecule has 0 aliphatic carbocycles. The van der Waals surface area contributed by atoms with Crippen LogP contribution in [0.3, 0.4) is 0 Å². The molecule has 0 saturated carbocycles. The van der Waals surface area contributed by atoms with Crippen molar-refractivity contribution < 1.29 is 13.7 Å². The molecule has 4 rings (SSSR count). The first-order valence-electron chi connectivity index (χ1n) is 9.66. The van der Waals surface area contributed by atoms with Crippen molar-refractivity contribution in [3.63, 3.8) is 0 Å². The van der Waals surface area contributed by atoms with E-state index in [1.807, 2.05) is 13.8 Å². The summed E-state index contributed by atoms with van der Waals surface area (Å²) >= 11 is 9.65. The Bertz CT molecular complexity index is 1290. The van der Waals surface area contributed by atoms with Crippen LogP contribution in [0.4, 0.5) is 10.2 Å². The second-order valence-electron chi connectivity index (χ2n) is 7.31. The van der Waals surface area contributed by atoms with Gasteiger partial charge < -0.3 is 9.84 Å². The van der Waals surface area contributed by atoms with Crippen LogP contribution >= 0.6 is 27.5 Å². The van der Waals surface area contributed by atoms with Crippen molar-refractivity contribution in [1.82, 2.24) is 24.7 Å². The number of halogens is 3. The largest absolute Gasteiger partial charge is 0.361 e. The van der Waals surface area contributed by atoms with E-state index in [2.05, 4.69) is 36.6 Å². The zero-order chi connectivity index (χ0) is 23.0. The van der Waals surface area contributed by atoms with E-state index in [0.717, 1.165) is 11.3 Å². The fourth-order valence-electron chi connectivity index (χ4n) is 3.24. The number of hydrogen-bond donors (Lipinski definition) is 1. The molecule has 0 fully saturated rings. The molecule has 32 heavy (non-hydrogen) atoms. The minimum Gasteiger partial charge on any atom is -0.361 e.